The normalized spacial score (nSPS) is 11.3. The average Bonchev–Trinajstić information content (AvgIpc) is 2.39. The molecular weight excluding hydrogens is 337 g/mol. The van der Waals surface area contributed by atoms with Gasteiger partial charge in [0.15, 0.2) is 0 Å². The Bertz CT molecular complexity index is 494. The summed E-state index contributed by atoms with van der Waals surface area (Å²) in [5.41, 5.74) is 1.36. The maximum absolute atomic E-state index is 4.25. The molecule has 0 fully saturated rings. The van der Waals surface area contributed by atoms with Crippen molar-refractivity contribution < 1.29 is 0 Å². The van der Waals surface area contributed by atoms with Gasteiger partial charge >= 0.3 is 0 Å². The molecule has 4 heteroatoms. The summed E-state index contributed by atoms with van der Waals surface area (Å²) in [4.78, 5) is 8.49. The molecule has 3 nitrogen and oxygen atoms in total. The second-order valence-corrected chi connectivity index (χ2v) is 6.07. The van der Waals surface area contributed by atoms with Gasteiger partial charge in [-0.3, -0.25) is 0 Å². The molecule has 94 valence electrons. The van der Waals surface area contributed by atoms with Crippen LogP contribution in [0.25, 0.3) is 0 Å². The zero-order valence-electron chi connectivity index (χ0n) is 10.5. The van der Waals surface area contributed by atoms with Crippen LogP contribution >= 0.6 is 22.6 Å². The van der Waals surface area contributed by atoms with E-state index in [4.69, 9.17) is 0 Å². The summed E-state index contributed by atoms with van der Waals surface area (Å²) < 4.78 is 1.04. The monoisotopic (exact) mass is 353 g/mol. The third kappa shape index (κ3) is 3.41. The number of hydrogen-bond donors (Lipinski definition) is 1. The topological polar surface area (TPSA) is 37.8 Å². The highest BCUT2D eigenvalue weighted by molar-refractivity contribution is 14.1. The van der Waals surface area contributed by atoms with Crippen molar-refractivity contribution in [3.63, 3.8) is 0 Å². The van der Waals surface area contributed by atoms with Crippen molar-refractivity contribution >= 4 is 28.5 Å². The van der Waals surface area contributed by atoms with E-state index in [1.54, 1.807) is 0 Å². The quantitative estimate of drug-likeness (QED) is 0.856. The molecule has 0 bridgehead atoms. The van der Waals surface area contributed by atoms with E-state index in [-0.39, 0.29) is 5.41 Å². The summed E-state index contributed by atoms with van der Waals surface area (Å²) in [6.45, 7) is 5.22. The van der Waals surface area contributed by atoms with E-state index >= 15 is 0 Å². The van der Waals surface area contributed by atoms with Gasteiger partial charge in [0.1, 0.15) is 0 Å². The van der Waals surface area contributed by atoms with E-state index in [0.29, 0.717) is 5.95 Å². The fraction of sp³-hybridized carbons (Fsp3) is 0.286. The number of rotatable bonds is 4. The van der Waals surface area contributed by atoms with Crippen LogP contribution in [0, 0.1) is 3.57 Å². The van der Waals surface area contributed by atoms with Gasteiger partial charge in [0, 0.05) is 27.9 Å². The minimum absolute atomic E-state index is 0.0492. The second-order valence-electron chi connectivity index (χ2n) is 4.83. The van der Waals surface area contributed by atoms with Gasteiger partial charge in [-0.15, -0.1) is 0 Å². The van der Waals surface area contributed by atoms with Crippen LogP contribution in [0.2, 0.25) is 0 Å². The number of halogens is 1. The number of aromatic nitrogens is 2. The molecule has 0 spiro atoms. The summed E-state index contributed by atoms with van der Waals surface area (Å²) in [5.74, 6) is 0.680. The van der Waals surface area contributed by atoms with E-state index in [9.17, 15) is 0 Å². The molecule has 0 aliphatic heterocycles. The zero-order valence-corrected chi connectivity index (χ0v) is 12.7. The van der Waals surface area contributed by atoms with Gasteiger partial charge in [0.05, 0.1) is 0 Å². The Hall–Kier alpha value is -1.17. The van der Waals surface area contributed by atoms with E-state index in [1.807, 2.05) is 18.5 Å². The fourth-order valence-electron chi connectivity index (χ4n) is 1.69. The Labute approximate surface area is 121 Å². The van der Waals surface area contributed by atoms with Crippen LogP contribution in [0.15, 0.2) is 42.7 Å². The van der Waals surface area contributed by atoms with Crippen LogP contribution in [0.5, 0.6) is 0 Å². The smallest absolute Gasteiger partial charge is 0.222 e. The van der Waals surface area contributed by atoms with Crippen molar-refractivity contribution in [3.05, 3.63) is 51.9 Å². The van der Waals surface area contributed by atoms with Crippen LogP contribution in [0.1, 0.15) is 19.4 Å². The van der Waals surface area contributed by atoms with Crippen molar-refractivity contribution in [1.82, 2.24) is 9.97 Å². The van der Waals surface area contributed by atoms with E-state index < -0.39 is 0 Å². The maximum Gasteiger partial charge on any atom is 0.222 e. The zero-order chi connectivity index (χ0) is 13.0. The molecule has 0 aliphatic carbocycles. The van der Waals surface area contributed by atoms with E-state index in [1.165, 1.54) is 5.56 Å². The Morgan fingerprint density at radius 3 is 2.33 bits per heavy atom. The van der Waals surface area contributed by atoms with Crippen molar-refractivity contribution in [2.45, 2.75) is 19.3 Å². The van der Waals surface area contributed by atoms with Crippen LogP contribution in [-0.2, 0) is 5.41 Å². The van der Waals surface area contributed by atoms with Gasteiger partial charge in [0.2, 0.25) is 5.95 Å². The predicted octanol–water partition coefficient (Wildman–Crippen LogP) is 3.47. The first-order valence-corrected chi connectivity index (χ1v) is 6.93. The lowest BCUT2D eigenvalue weighted by Crippen LogP contribution is -2.28. The summed E-state index contributed by atoms with van der Waals surface area (Å²) in [6, 6.07) is 10.5. The Balaban J connectivity index is 2.03. The van der Waals surface area contributed by atoms with Crippen molar-refractivity contribution in [1.29, 1.82) is 0 Å². The third-order valence-corrected chi connectivity index (χ3v) is 3.42. The molecule has 1 aromatic heterocycles. The van der Waals surface area contributed by atoms with Gasteiger partial charge in [-0.25, -0.2) is 9.97 Å². The molecule has 18 heavy (non-hydrogen) atoms. The lowest BCUT2D eigenvalue weighted by molar-refractivity contribution is 0.555. The van der Waals surface area contributed by atoms with Gasteiger partial charge in [-0.05, 0) is 28.2 Å². The molecule has 2 aromatic rings. The molecule has 0 saturated carbocycles. The molecule has 0 unspecified atom stereocenters. The highest BCUT2D eigenvalue weighted by Gasteiger charge is 2.20. The first kappa shape index (κ1) is 13.3. The van der Waals surface area contributed by atoms with E-state index in [2.05, 4.69) is 76.0 Å². The first-order valence-electron chi connectivity index (χ1n) is 5.85. The van der Waals surface area contributed by atoms with Crippen LogP contribution < -0.4 is 5.32 Å². The molecule has 1 N–H and O–H groups in total. The highest BCUT2D eigenvalue weighted by atomic mass is 127. The standard InChI is InChI=1S/C14H16IN3/c1-14(2,11-6-4-3-5-7-11)10-18-13-16-8-12(15)9-17-13/h3-9H,10H2,1-2H3,(H,16,17,18). The van der Waals surface area contributed by atoms with Gasteiger partial charge in [-0.1, -0.05) is 44.2 Å². The number of nitrogens with one attached hydrogen (secondary N) is 1. The summed E-state index contributed by atoms with van der Waals surface area (Å²) >= 11 is 2.20. The molecule has 0 amide bonds. The minimum atomic E-state index is 0.0492. The Kier molecular flexibility index (Phi) is 4.16. The predicted molar refractivity (Wildman–Crippen MR) is 82.7 cm³/mol. The molecule has 1 heterocycles. The van der Waals surface area contributed by atoms with Crippen LogP contribution in [0.3, 0.4) is 0 Å². The third-order valence-electron chi connectivity index (χ3n) is 2.86. The lowest BCUT2D eigenvalue weighted by Gasteiger charge is -2.25. The van der Waals surface area contributed by atoms with Gasteiger partial charge in [-0.2, -0.15) is 0 Å². The van der Waals surface area contributed by atoms with Gasteiger partial charge < -0.3 is 5.32 Å². The van der Waals surface area contributed by atoms with Crippen molar-refractivity contribution in [3.8, 4) is 0 Å². The highest BCUT2D eigenvalue weighted by Crippen LogP contribution is 2.22. The van der Waals surface area contributed by atoms with Crippen LogP contribution in [0.4, 0.5) is 5.95 Å². The largest absolute Gasteiger partial charge is 0.353 e. The second kappa shape index (κ2) is 5.65. The van der Waals surface area contributed by atoms with Crippen LogP contribution in [-0.4, -0.2) is 16.5 Å². The SMILES string of the molecule is CC(C)(CNc1ncc(I)cn1)c1ccccc1. The minimum Gasteiger partial charge on any atom is -0.353 e. The maximum atomic E-state index is 4.25. The molecule has 0 saturated heterocycles. The number of nitrogens with zero attached hydrogens (tertiary/aromatic N) is 2. The molecule has 0 atom stereocenters. The summed E-state index contributed by atoms with van der Waals surface area (Å²) in [7, 11) is 0. The fourth-order valence-corrected chi connectivity index (χ4v) is 1.97. The summed E-state index contributed by atoms with van der Waals surface area (Å²) in [6.07, 6.45) is 3.62. The summed E-state index contributed by atoms with van der Waals surface area (Å²) in [5, 5.41) is 3.29. The average molecular weight is 353 g/mol. The van der Waals surface area contributed by atoms with Gasteiger partial charge in [0.25, 0.3) is 0 Å². The lowest BCUT2D eigenvalue weighted by atomic mass is 9.85. The van der Waals surface area contributed by atoms with Crippen molar-refractivity contribution in [2.75, 3.05) is 11.9 Å². The molecular formula is C14H16IN3. The van der Waals surface area contributed by atoms with Crippen molar-refractivity contribution in [2.24, 2.45) is 0 Å². The number of hydrogen-bond acceptors (Lipinski definition) is 3. The Morgan fingerprint density at radius 1 is 1.11 bits per heavy atom. The molecule has 2 rings (SSSR count). The van der Waals surface area contributed by atoms with E-state index in [0.717, 1.165) is 10.1 Å². The Morgan fingerprint density at radius 2 is 1.72 bits per heavy atom. The number of benzene rings is 1. The molecule has 1 aromatic carbocycles. The first-order chi connectivity index (χ1) is 8.58. The molecule has 0 radical (unpaired) electrons. The number of anilines is 1. The molecule has 0 aliphatic rings.